The molecule has 0 bridgehead atoms. The zero-order valence-electron chi connectivity index (χ0n) is 11.8. The summed E-state index contributed by atoms with van der Waals surface area (Å²) >= 11 is 0. The maximum absolute atomic E-state index is 13.4. The molecule has 0 radical (unpaired) electrons. The van der Waals surface area contributed by atoms with Crippen molar-refractivity contribution in [2.24, 2.45) is 0 Å². The van der Waals surface area contributed by atoms with Crippen LogP contribution in [0.4, 0.5) is 9.18 Å². The van der Waals surface area contributed by atoms with Crippen LogP contribution in [-0.4, -0.2) is 22.6 Å². The summed E-state index contributed by atoms with van der Waals surface area (Å²) in [6, 6.07) is 0.629. The van der Waals surface area contributed by atoms with E-state index in [4.69, 9.17) is 4.74 Å². The van der Waals surface area contributed by atoms with Crippen molar-refractivity contribution in [3.8, 4) is 0 Å². The van der Waals surface area contributed by atoms with E-state index in [2.05, 4.69) is 4.98 Å². The van der Waals surface area contributed by atoms with Crippen LogP contribution in [0.2, 0.25) is 0 Å². The van der Waals surface area contributed by atoms with E-state index < -0.39 is 35.2 Å². The van der Waals surface area contributed by atoms with Crippen LogP contribution in [0.5, 0.6) is 0 Å². The number of aliphatic carboxylic acids is 1. The number of rotatable bonds is 3. The molecule has 1 aromatic rings. The van der Waals surface area contributed by atoms with Gasteiger partial charge in [-0.3, -0.25) is 4.98 Å². The predicted molar refractivity (Wildman–Crippen MR) is 61.3 cm³/mol. The van der Waals surface area contributed by atoms with Gasteiger partial charge >= 0.3 is 25.0 Å². The van der Waals surface area contributed by atoms with Gasteiger partial charge in [0.15, 0.2) is 0 Å². The van der Waals surface area contributed by atoms with Crippen LogP contribution in [0.25, 0.3) is 0 Å². The monoisotopic (exact) mass is 276 g/mol. The number of carbonyl (C=O) groups is 2. The molecule has 1 heterocycles. The fourth-order valence-corrected chi connectivity index (χ4v) is 1.27. The minimum Gasteiger partial charge on any atom is -0.547 e. The van der Waals surface area contributed by atoms with Gasteiger partial charge in [0.05, 0.1) is 5.97 Å². The second-order valence-corrected chi connectivity index (χ2v) is 4.77. The smallest absolute Gasteiger partial charge is 0.547 e. The van der Waals surface area contributed by atoms with E-state index in [1.165, 1.54) is 12.3 Å². The molecule has 20 heavy (non-hydrogen) atoms. The number of halogens is 1. The number of hydrogen-bond acceptors (Lipinski definition) is 5. The van der Waals surface area contributed by atoms with Crippen molar-refractivity contribution in [2.45, 2.75) is 32.4 Å². The molecule has 0 aliphatic rings. The number of pyridine rings is 1. The topological polar surface area (TPSA) is 91.3 Å². The van der Waals surface area contributed by atoms with Gasteiger partial charge in [0.1, 0.15) is 23.2 Å². The molecular weight excluding hydrogens is 262 g/mol. The van der Waals surface area contributed by atoms with Gasteiger partial charge in [-0.05, 0) is 32.9 Å². The van der Waals surface area contributed by atoms with E-state index in [9.17, 15) is 19.1 Å². The molecule has 1 unspecified atom stereocenters. The number of nitrogens with zero attached hydrogens (tertiary/aromatic N) is 1. The van der Waals surface area contributed by atoms with Crippen molar-refractivity contribution >= 4 is 12.1 Å². The first kappa shape index (κ1) is 18.4. The summed E-state index contributed by atoms with van der Waals surface area (Å²) in [5.41, 5.74) is -1.24. The maximum Gasteiger partial charge on any atom is 1.00 e. The van der Waals surface area contributed by atoms with Crippen molar-refractivity contribution < 1.29 is 42.7 Å². The van der Waals surface area contributed by atoms with Crippen molar-refractivity contribution in [1.29, 1.82) is 0 Å². The molecule has 104 valence electrons. The standard InChI is InChI=1S/C12H15FN2O4.Li/c1-12(2,3)19-11(18)15-9(10(16)17)8-7(13)5-4-6-14-8;/h4-6,9H,1-3H3,(H,15,18)(H,16,17);/q;+1/p-1. The third-order valence-electron chi connectivity index (χ3n) is 1.96. The molecule has 0 aromatic carbocycles. The van der Waals surface area contributed by atoms with Crippen molar-refractivity contribution in [1.82, 2.24) is 10.3 Å². The Bertz CT molecular complexity index is 491. The number of amides is 1. The molecule has 8 heteroatoms. The zero-order valence-corrected chi connectivity index (χ0v) is 11.8. The maximum atomic E-state index is 13.4. The molecule has 0 fully saturated rings. The number of carboxylic acid groups (broad SMARTS) is 1. The van der Waals surface area contributed by atoms with Crippen molar-refractivity contribution in [2.75, 3.05) is 0 Å². The predicted octanol–water partition coefficient (Wildman–Crippen LogP) is -2.46. The third-order valence-corrected chi connectivity index (χ3v) is 1.96. The summed E-state index contributed by atoms with van der Waals surface area (Å²) in [5.74, 6) is -2.53. The van der Waals surface area contributed by atoms with E-state index in [0.717, 1.165) is 6.07 Å². The van der Waals surface area contributed by atoms with Gasteiger partial charge in [-0.25, -0.2) is 9.18 Å². The first-order valence-corrected chi connectivity index (χ1v) is 5.51. The third kappa shape index (κ3) is 5.59. The van der Waals surface area contributed by atoms with Crippen LogP contribution in [0.3, 0.4) is 0 Å². The summed E-state index contributed by atoms with van der Waals surface area (Å²) in [7, 11) is 0. The van der Waals surface area contributed by atoms with Gasteiger partial charge < -0.3 is 20.0 Å². The average Bonchev–Trinajstić information content (AvgIpc) is 2.24. The molecular formula is C12H14FLiN2O4. The minimum absolute atomic E-state index is 0. The van der Waals surface area contributed by atoms with E-state index in [-0.39, 0.29) is 18.9 Å². The Hall–Kier alpha value is -1.58. The van der Waals surface area contributed by atoms with Gasteiger partial charge in [-0.1, -0.05) is 0 Å². The normalized spacial score (nSPS) is 12.0. The second kappa shape index (κ2) is 7.27. The first-order valence-electron chi connectivity index (χ1n) is 5.51. The summed E-state index contributed by atoms with van der Waals surface area (Å²) in [5, 5.41) is 13.0. The van der Waals surface area contributed by atoms with Gasteiger partial charge in [0, 0.05) is 6.20 Å². The van der Waals surface area contributed by atoms with Crippen LogP contribution >= 0.6 is 0 Å². The molecule has 1 N–H and O–H groups in total. The first-order chi connectivity index (χ1) is 8.70. The Morgan fingerprint density at radius 3 is 2.50 bits per heavy atom. The number of ether oxygens (including phenoxy) is 1. The Labute approximate surface area is 127 Å². The molecule has 0 aliphatic carbocycles. The van der Waals surface area contributed by atoms with Crippen molar-refractivity contribution in [3.63, 3.8) is 0 Å². The molecule has 1 amide bonds. The molecule has 1 rings (SSSR count). The van der Waals surface area contributed by atoms with Crippen LogP contribution in [0.1, 0.15) is 32.5 Å². The van der Waals surface area contributed by atoms with Gasteiger partial charge in [-0.2, -0.15) is 0 Å². The molecule has 0 saturated carbocycles. The zero-order chi connectivity index (χ0) is 14.6. The number of nitrogens with one attached hydrogen (secondary N) is 1. The quantitative estimate of drug-likeness (QED) is 0.618. The Morgan fingerprint density at radius 2 is 2.05 bits per heavy atom. The summed E-state index contributed by atoms with van der Waals surface area (Å²) in [6.07, 6.45) is 0.220. The Morgan fingerprint density at radius 1 is 1.45 bits per heavy atom. The molecule has 1 aromatic heterocycles. The SMILES string of the molecule is CC(C)(C)OC(=O)NC(C(=O)[O-])c1ncccc1F.[Li+]. The van der Waals surface area contributed by atoms with Gasteiger partial charge in [0.25, 0.3) is 0 Å². The molecule has 0 aliphatic heterocycles. The number of hydrogen-bond donors (Lipinski definition) is 1. The van der Waals surface area contributed by atoms with E-state index in [1.54, 1.807) is 20.8 Å². The van der Waals surface area contributed by atoms with Crippen LogP contribution < -0.4 is 29.3 Å². The fraction of sp³-hybridized carbons (Fsp3) is 0.417. The molecule has 0 saturated heterocycles. The summed E-state index contributed by atoms with van der Waals surface area (Å²) in [6.45, 7) is 4.84. The molecule has 6 nitrogen and oxygen atoms in total. The minimum atomic E-state index is -1.71. The van der Waals surface area contributed by atoms with Crippen LogP contribution in [0.15, 0.2) is 18.3 Å². The largest absolute Gasteiger partial charge is 1.00 e. The van der Waals surface area contributed by atoms with Crippen molar-refractivity contribution in [3.05, 3.63) is 29.8 Å². The average molecular weight is 276 g/mol. The van der Waals surface area contributed by atoms with E-state index >= 15 is 0 Å². The van der Waals surface area contributed by atoms with Gasteiger partial charge in [0.2, 0.25) is 0 Å². The summed E-state index contributed by atoms with van der Waals surface area (Å²) < 4.78 is 18.3. The summed E-state index contributed by atoms with van der Waals surface area (Å²) in [4.78, 5) is 26.0. The Kier molecular flexibility index (Phi) is 6.69. The Balaban J connectivity index is 0.00000361. The number of carbonyl (C=O) groups excluding carboxylic acids is 2. The fourth-order valence-electron chi connectivity index (χ4n) is 1.27. The molecule has 1 atom stereocenters. The van der Waals surface area contributed by atoms with Crippen LogP contribution in [0, 0.1) is 5.82 Å². The van der Waals surface area contributed by atoms with E-state index in [1.807, 2.05) is 5.32 Å². The van der Waals surface area contributed by atoms with E-state index in [0.29, 0.717) is 0 Å². The molecule has 0 spiro atoms. The number of carboxylic acids is 1. The number of alkyl carbamates (subject to hydrolysis) is 1. The number of aromatic nitrogens is 1. The second-order valence-electron chi connectivity index (χ2n) is 4.77. The van der Waals surface area contributed by atoms with Crippen LogP contribution in [-0.2, 0) is 9.53 Å². The van der Waals surface area contributed by atoms with Gasteiger partial charge in [-0.15, -0.1) is 0 Å².